The number of methoxy groups -OCH3 is 1. The molecule has 0 aliphatic heterocycles. The molecule has 0 saturated heterocycles. The van der Waals surface area contributed by atoms with Gasteiger partial charge in [-0.25, -0.2) is 0 Å². The van der Waals surface area contributed by atoms with Crippen molar-refractivity contribution in [1.29, 1.82) is 0 Å². The fraction of sp³-hybridized carbons (Fsp3) is 0.462. The number of ether oxygens (including phenoxy) is 1. The second kappa shape index (κ2) is 6.37. The van der Waals surface area contributed by atoms with Crippen LogP contribution in [0.4, 0.5) is 0 Å². The molecular weight excluding hydrogens is 228 g/mol. The van der Waals surface area contributed by atoms with Crippen molar-refractivity contribution in [3.05, 3.63) is 42.0 Å². The van der Waals surface area contributed by atoms with Crippen LogP contribution in [0.1, 0.15) is 11.3 Å². The molecule has 2 aromatic rings. The molecule has 0 aliphatic carbocycles. The van der Waals surface area contributed by atoms with Crippen LogP contribution in [0.25, 0.3) is 0 Å². The van der Waals surface area contributed by atoms with E-state index in [0.29, 0.717) is 0 Å². The third kappa shape index (κ3) is 3.45. The molecule has 0 spiro atoms. The first-order valence-corrected chi connectivity index (χ1v) is 6.11. The van der Waals surface area contributed by atoms with Gasteiger partial charge in [-0.05, 0) is 12.1 Å². The molecule has 0 unspecified atom stereocenters. The van der Waals surface area contributed by atoms with Crippen molar-refractivity contribution in [3.8, 4) is 0 Å². The number of aromatic nitrogens is 3. The van der Waals surface area contributed by atoms with E-state index < -0.39 is 0 Å². The quantitative estimate of drug-likeness (QED) is 0.744. The molecule has 0 amide bonds. The van der Waals surface area contributed by atoms with Gasteiger partial charge in [-0.15, -0.1) is 0 Å². The lowest BCUT2D eigenvalue weighted by atomic mass is 10.3. The van der Waals surface area contributed by atoms with E-state index in [1.165, 1.54) is 11.3 Å². The Morgan fingerprint density at radius 2 is 2.33 bits per heavy atom. The molecule has 2 rings (SSSR count). The second-order valence-electron chi connectivity index (χ2n) is 4.32. The second-order valence-corrected chi connectivity index (χ2v) is 4.32. The molecular formula is C13H20N4O. The predicted molar refractivity (Wildman–Crippen MR) is 70.3 cm³/mol. The van der Waals surface area contributed by atoms with Crippen LogP contribution in [0.5, 0.6) is 0 Å². The first kappa shape index (κ1) is 12.9. The van der Waals surface area contributed by atoms with Crippen LogP contribution in [0, 0.1) is 0 Å². The third-order valence-corrected chi connectivity index (χ3v) is 2.82. The summed E-state index contributed by atoms with van der Waals surface area (Å²) in [7, 11) is 3.65. The van der Waals surface area contributed by atoms with Crippen molar-refractivity contribution < 1.29 is 4.74 Å². The summed E-state index contributed by atoms with van der Waals surface area (Å²) >= 11 is 0. The van der Waals surface area contributed by atoms with E-state index in [0.717, 1.165) is 26.2 Å². The summed E-state index contributed by atoms with van der Waals surface area (Å²) in [5.41, 5.74) is 2.49. The summed E-state index contributed by atoms with van der Waals surface area (Å²) < 4.78 is 9.07. The largest absolute Gasteiger partial charge is 0.383 e. The maximum absolute atomic E-state index is 5.01. The fourth-order valence-corrected chi connectivity index (χ4v) is 1.91. The predicted octanol–water partition coefficient (Wildman–Crippen LogP) is 1.01. The molecule has 0 radical (unpaired) electrons. The lowest BCUT2D eigenvalue weighted by Crippen LogP contribution is -2.20. The van der Waals surface area contributed by atoms with E-state index in [9.17, 15) is 0 Å². The first-order chi connectivity index (χ1) is 8.79. The fourth-order valence-electron chi connectivity index (χ4n) is 1.91. The zero-order chi connectivity index (χ0) is 12.8. The zero-order valence-electron chi connectivity index (χ0n) is 11.0. The van der Waals surface area contributed by atoms with Crippen LogP contribution in [0.15, 0.2) is 30.7 Å². The highest BCUT2D eigenvalue weighted by molar-refractivity contribution is 5.12. The molecule has 2 aromatic heterocycles. The molecule has 98 valence electrons. The van der Waals surface area contributed by atoms with E-state index in [1.54, 1.807) is 7.11 Å². The number of hydrogen-bond acceptors (Lipinski definition) is 3. The van der Waals surface area contributed by atoms with Gasteiger partial charge < -0.3 is 14.6 Å². The Hall–Kier alpha value is -1.59. The van der Waals surface area contributed by atoms with Gasteiger partial charge in [0.1, 0.15) is 0 Å². The number of hydrogen-bond donors (Lipinski definition) is 1. The molecule has 0 fully saturated rings. The molecule has 2 heterocycles. The van der Waals surface area contributed by atoms with Crippen LogP contribution in [-0.4, -0.2) is 34.6 Å². The van der Waals surface area contributed by atoms with Crippen molar-refractivity contribution in [2.24, 2.45) is 7.05 Å². The van der Waals surface area contributed by atoms with Crippen LogP contribution < -0.4 is 5.32 Å². The van der Waals surface area contributed by atoms with Crippen molar-refractivity contribution in [3.63, 3.8) is 0 Å². The third-order valence-electron chi connectivity index (χ3n) is 2.82. The van der Waals surface area contributed by atoms with E-state index in [-0.39, 0.29) is 0 Å². The van der Waals surface area contributed by atoms with Crippen LogP contribution >= 0.6 is 0 Å². The monoisotopic (exact) mass is 248 g/mol. The summed E-state index contributed by atoms with van der Waals surface area (Å²) in [6, 6.07) is 4.21. The van der Waals surface area contributed by atoms with Gasteiger partial charge in [0.2, 0.25) is 0 Å². The van der Waals surface area contributed by atoms with Gasteiger partial charge in [0.05, 0.1) is 19.3 Å². The number of rotatable bonds is 7. The summed E-state index contributed by atoms with van der Waals surface area (Å²) in [6.45, 7) is 3.33. The Morgan fingerprint density at radius 3 is 3.06 bits per heavy atom. The van der Waals surface area contributed by atoms with Gasteiger partial charge in [0.15, 0.2) is 0 Å². The Bertz CT molecular complexity index is 475. The van der Waals surface area contributed by atoms with Crippen molar-refractivity contribution in [1.82, 2.24) is 19.7 Å². The average Bonchev–Trinajstić information content (AvgIpc) is 2.95. The lowest BCUT2D eigenvalue weighted by Gasteiger charge is -2.09. The minimum atomic E-state index is 0.739. The molecule has 1 N–H and O–H groups in total. The normalized spacial score (nSPS) is 11.0. The van der Waals surface area contributed by atoms with Gasteiger partial charge >= 0.3 is 0 Å². The topological polar surface area (TPSA) is 44.0 Å². The van der Waals surface area contributed by atoms with Gasteiger partial charge in [0.25, 0.3) is 0 Å². The smallest absolute Gasteiger partial charge is 0.0587 e. The maximum Gasteiger partial charge on any atom is 0.0587 e. The SMILES string of the molecule is COCCNCc1cccn1Cc1cnn(C)c1. The molecule has 0 atom stereocenters. The number of nitrogens with one attached hydrogen (secondary N) is 1. The highest BCUT2D eigenvalue weighted by atomic mass is 16.5. The number of nitrogens with zero attached hydrogens (tertiary/aromatic N) is 3. The minimum Gasteiger partial charge on any atom is -0.383 e. The van der Waals surface area contributed by atoms with Gasteiger partial charge in [-0.1, -0.05) is 0 Å². The Labute approximate surface area is 107 Å². The molecule has 5 heteroatoms. The molecule has 0 bridgehead atoms. The van der Waals surface area contributed by atoms with Crippen molar-refractivity contribution >= 4 is 0 Å². The van der Waals surface area contributed by atoms with E-state index in [1.807, 2.05) is 24.1 Å². The van der Waals surface area contributed by atoms with Crippen LogP contribution in [-0.2, 0) is 24.9 Å². The summed E-state index contributed by atoms with van der Waals surface area (Å²) in [6.07, 6.45) is 6.05. The molecule has 0 aliphatic rings. The summed E-state index contributed by atoms with van der Waals surface area (Å²) in [5.74, 6) is 0. The highest BCUT2D eigenvalue weighted by Crippen LogP contribution is 2.07. The van der Waals surface area contributed by atoms with E-state index in [4.69, 9.17) is 4.74 Å². The standard InChI is InChI=1S/C13H20N4O/c1-16-10-12(8-15-16)11-17-6-3-4-13(17)9-14-5-7-18-2/h3-4,6,8,10,14H,5,7,9,11H2,1-2H3. The van der Waals surface area contributed by atoms with E-state index >= 15 is 0 Å². The van der Waals surface area contributed by atoms with Gasteiger partial charge in [-0.2, -0.15) is 5.10 Å². The number of aryl methyl sites for hydroxylation is 1. The Balaban J connectivity index is 1.91. The minimum absolute atomic E-state index is 0.739. The zero-order valence-corrected chi connectivity index (χ0v) is 11.0. The van der Waals surface area contributed by atoms with Crippen molar-refractivity contribution in [2.45, 2.75) is 13.1 Å². The Morgan fingerprint density at radius 1 is 1.44 bits per heavy atom. The molecule has 5 nitrogen and oxygen atoms in total. The van der Waals surface area contributed by atoms with Gasteiger partial charge in [0, 0.05) is 50.9 Å². The highest BCUT2D eigenvalue weighted by Gasteiger charge is 2.02. The first-order valence-electron chi connectivity index (χ1n) is 6.11. The van der Waals surface area contributed by atoms with Crippen LogP contribution in [0.3, 0.4) is 0 Å². The summed E-state index contributed by atoms with van der Waals surface area (Å²) in [5, 5.41) is 7.54. The average molecular weight is 248 g/mol. The molecule has 18 heavy (non-hydrogen) atoms. The van der Waals surface area contributed by atoms with Crippen molar-refractivity contribution in [2.75, 3.05) is 20.3 Å². The van der Waals surface area contributed by atoms with E-state index in [2.05, 4.69) is 33.3 Å². The molecule has 0 saturated carbocycles. The van der Waals surface area contributed by atoms with Crippen LogP contribution in [0.2, 0.25) is 0 Å². The Kier molecular flexibility index (Phi) is 4.55. The maximum atomic E-state index is 5.01. The molecule has 0 aromatic carbocycles. The van der Waals surface area contributed by atoms with Gasteiger partial charge in [-0.3, -0.25) is 4.68 Å². The lowest BCUT2D eigenvalue weighted by molar-refractivity contribution is 0.199. The summed E-state index contributed by atoms with van der Waals surface area (Å²) in [4.78, 5) is 0.